The Balaban J connectivity index is 0.000000189. The summed E-state index contributed by atoms with van der Waals surface area (Å²) in [6.45, 7) is 4.42. The van der Waals surface area contributed by atoms with Gasteiger partial charge in [0.15, 0.2) is 0 Å². The number of H-pyrrole nitrogens is 1. The number of imide groups is 1. The minimum Gasteiger partial charge on any atom is -0.494 e. The molecule has 0 aromatic carbocycles. The van der Waals surface area contributed by atoms with E-state index in [2.05, 4.69) is 6.92 Å². The third-order valence-corrected chi connectivity index (χ3v) is 7.92. The number of urea groups is 1. The molecule has 3 heterocycles. The Hall–Kier alpha value is -3.15. The zero-order valence-corrected chi connectivity index (χ0v) is 22.7. The van der Waals surface area contributed by atoms with E-state index >= 15 is 0 Å². The number of nitrogen functional groups attached to an aromatic ring is 1. The van der Waals surface area contributed by atoms with Crippen LogP contribution in [0.1, 0.15) is 70.3 Å². The molecule has 1 atom stereocenters. The molecule has 1 unspecified atom stereocenters. The predicted octanol–water partition coefficient (Wildman–Crippen LogP) is 1.74. The molecule has 38 heavy (non-hydrogen) atoms. The van der Waals surface area contributed by atoms with Gasteiger partial charge in [-0.3, -0.25) is 29.4 Å². The Kier molecular flexibility index (Phi) is 10.1. The van der Waals surface area contributed by atoms with Crippen molar-refractivity contribution in [2.24, 2.45) is 30.5 Å². The molecule has 12 nitrogen and oxygen atoms in total. The van der Waals surface area contributed by atoms with Gasteiger partial charge in [-0.2, -0.15) is 0 Å². The third kappa shape index (κ3) is 7.03. The van der Waals surface area contributed by atoms with Crippen LogP contribution in [0.3, 0.4) is 0 Å². The fourth-order valence-electron chi connectivity index (χ4n) is 5.08. The summed E-state index contributed by atoms with van der Waals surface area (Å²) in [7, 11) is 2.86. The number of aromatic amines is 1. The summed E-state index contributed by atoms with van der Waals surface area (Å²) < 4.78 is 5.97. The van der Waals surface area contributed by atoms with E-state index in [-0.39, 0.29) is 18.0 Å². The maximum atomic E-state index is 12.3. The molecule has 2 saturated heterocycles. The lowest BCUT2D eigenvalue weighted by Gasteiger charge is -2.33. The van der Waals surface area contributed by atoms with E-state index in [1.807, 2.05) is 4.98 Å². The fraction of sp³-hybridized carbons (Fsp3) is 0.731. The van der Waals surface area contributed by atoms with Crippen LogP contribution in [-0.2, 0) is 16.6 Å². The molecule has 0 radical (unpaired) electrons. The Morgan fingerprint density at radius 1 is 1.03 bits per heavy atom. The van der Waals surface area contributed by atoms with E-state index < -0.39 is 28.5 Å². The van der Waals surface area contributed by atoms with E-state index in [0.717, 1.165) is 30.1 Å². The average Bonchev–Trinajstić information content (AvgIpc) is 3.03. The Labute approximate surface area is 222 Å². The van der Waals surface area contributed by atoms with Gasteiger partial charge < -0.3 is 20.5 Å². The van der Waals surface area contributed by atoms with Crippen molar-refractivity contribution in [3.63, 3.8) is 0 Å². The van der Waals surface area contributed by atoms with Crippen molar-refractivity contribution in [2.75, 3.05) is 26.8 Å². The number of carbonyl (C=O) groups excluding carboxylic acids is 2. The van der Waals surface area contributed by atoms with Gasteiger partial charge in [0, 0.05) is 26.6 Å². The second kappa shape index (κ2) is 13.1. The molecular formula is C26H42N6O6. The van der Waals surface area contributed by atoms with E-state index in [1.54, 1.807) is 11.9 Å². The van der Waals surface area contributed by atoms with Gasteiger partial charge in [0.1, 0.15) is 17.4 Å². The maximum Gasteiger partial charge on any atom is 0.330 e. The van der Waals surface area contributed by atoms with Crippen molar-refractivity contribution < 1.29 is 19.4 Å². The number of aromatic nitrogens is 2. The normalized spacial score (nSPS) is 22.1. The van der Waals surface area contributed by atoms with Gasteiger partial charge in [0.25, 0.3) is 11.5 Å². The van der Waals surface area contributed by atoms with Crippen LogP contribution in [-0.4, -0.2) is 75.1 Å². The third-order valence-electron chi connectivity index (χ3n) is 7.92. The Bertz CT molecular complexity index is 1120. The van der Waals surface area contributed by atoms with Gasteiger partial charge in [-0.05, 0) is 18.3 Å². The molecule has 4 fully saturated rings. The molecule has 3 amide bonds. The number of hydrogen-bond donors (Lipinski definition) is 4. The second-order valence-electron chi connectivity index (χ2n) is 11.0. The number of ether oxygens (including phenoxy) is 1. The molecule has 212 valence electrons. The lowest BCUT2D eigenvalue weighted by molar-refractivity contribution is -0.128. The first-order chi connectivity index (χ1) is 18.0. The Morgan fingerprint density at radius 2 is 1.63 bits per heavy atom. The molecular weight excluding hydrogens is 492 g/mol. The highest BCUT2D eigenvalue weighted by Gasteiger charge is 2.45. The maximum absolute atomic E-state index is 12.3. The Morgan fingerprint density at radius 3 is 2.11 bits per heavy atom. The molecule has 12 heteroatoms. The van der Waals surface area contributed by atoms with Crippen molar-refractivity contribution >= 4 is 17.8 Å². The van der Waals surface area contributed by atoms with Gasteiger partial charge in [-0.1, -0.05) is 58.3 Å². The molecule has 5 N–H and O–H groups in total. The minimum absolute atomic E-state index is 0.0131. The molecule has 2 aliphatic carbocycles. The highest BCUT2D eigenvalue weighted by atomic mass is 16.5. The van der Waals surface area contributed by atoms with E-state index in [4.69, 9.17) is 15.9 Å². The molecule has 0 bridgehead atoms. The van der Waals surface area contributed by atoms with E-state index in [9.17, 15) is 24.3 Å². The smallest absolute Gasteiger partial charge is 0.330 e. The van der Waals surface area contributed by atoms with Crippen LogP contribution in [0.15, 0.2) is 9.59 Å². The van der Waals surface area contributed by atoms with Gasteiger partial charge in [-0.15, -0.1) is 0 Å². The fourth-order valence-corrected chi connectivity index (χ4v) is 5.08. The van der Waals surface area contributed by atoms with Gasteiger partial charge in [-0.25, -0.2) is 9.59 Å². The van der Waals surface area contributed by atoms with Crippen LogP contribution in [0.4, 0.5) is 4.79 Å². The average molecular weight is 535 g/mol. The number of nitrogens with two attached hydrogens (primary N) is 1. The van der Waals surface area contributed by atoms with Crippen LogP contribution >= 0.6 is 0 Å². The lowest BCUT2D eigenvalue weighted by Crippen LogP contribution is -2.45. The van der Waals surface area contributed by atoms with E-state index in [0.29, 0.717) is 18.4 Å². The number of amidine groups is 1. The molecule has 2 aliphatic heterocycles. The summed E-state index contributed by atoms with van der Waals surface area (Å²) in [5, 5.41) is 16.2. The number of rotatable bonds is 5. The second-order valence-corrected chi connectivity index (χ2v) is 11.0. The number of nitrogens with zero attached hydrogens (tertiary/aromatic N) is 3. The zero-order valence-electron chi connectivity index (χ0n) is 22.7. The molecule has 4 aliphatic rings. The SMILES string of the molecule is CC1CCC1.CN1C(=O)C(CC2CCCCC2)N(CC2COC2)C1=O.Cn1c(O)c(C(=N)N)c(=O)[nH]c1=O. The summed E-state index contributed by atoms with van der Waals surface area (Å²) in [4.78, 5) is 51.4. The van der Waals surface area contributed by atoms with Crippen molar-refractivity contribution in [3.8, 4) is 5.88 Å². The highest BCUT2D eigenvalue weighted by molar-refractivity contribution is 6.03. The molecule has 1 aromatic rings. The molecule has 1 aromatic heterocycles. The molecule has 2 saturated carbocycles. The lowest BCUT2D eigenvalue weighted by atomic mass is 9.84. The summed E-state index contributed by atoms with van der Waals surface area (Å²) in [5.74, 6) is 0.871. The highest BCUT2D eigenvalue weighted by Crippen LogP contribution is 2.32. The number of likely N-dealkylation sites (N-methyl/N-ethyl adjacent to an activating group) is 1. The number of nitrogens with one attached hydrogen (secondary N) is 2. The van der Waals surface area contributed by atoms with Gasteiger partial charge in [0.05, 0.1) is 13.2 Å². The topological polar surface area (TPSA) is 175 Å². The summed E-state index contributed by atoms with van der Waals surface area (Å²) in [5.41, 5.74) is 3.00. The summed E-state index contributed by atoms with van der Waals surface area (Å²) in [6.07, 6.45) is 11.6. The largest absolute Gasteiger partial charge is 0.494 e. The van der Waals surface area contributed by atoms with Crippen molar-refractivity contribution in [1.29, 1.82) is 5.41 Å². The first kappa shape index (κ1) is 29.4. The van der Waals surface area contributed by atoms with Crippen molar-refractivity contribution in [3.05, 3.63) is 26.4 Å². The number of hydrogen-bond acceptors (Lipinski definition) is 7. The minimum atomic E-state index is -0.867. The number of amides is 3. The van der Waals surface area contributed by atoms with Gasteiger partial charge >= 0.3 is 11.7 Å². The number of carbonyl (C=O) groups is 2. The van der Waals surface area contributed by atoms with E-state index in [1.165, 1.54) is 63.3 Å². The first-order valence-corrected chi connectivity index (χ1v) is 13.5. The summed E-state index contributed by atoms with van der Waals surface area (Å²) >= 11 is 0. The monoisotopic (exact) mass is 534 g/mol. The standard InChI is InChI=1S/C15H24N2O3.C6H8N4O3.C5H10/c1-16-14(18)13(7-11-5-3-2-4-6-11)17(15(16)19)8-12-9-20-10-12;1-10-5(12)2(3(7)8)4(11)9-6(10)13;1-5-3-2-4-5/h11-13H,2-10H2,1H3;12H,1H3,(H3,7,8)(H,9,11,13);5H,2-4H2,1H3. The van der Waals surface area contributed by atoms with Crippen LogP contribution in [0.25, 0.3) is 0 Å². The number of aromatic hydroxyl groups is 1. The van der Waals surface area contributed by atoms with Crippen molar-refractivity contribution in [2.45, 2.75) is 70.8 Å². The van der Waals surface area contributed by atoms with Gasteiger partial charge in [0.2, 0.25) is 5.88 Å². The zero-order chi connectivity index (χ0) is 28.0. The predicted molar refractivity (Wildman–Crippen MR) is 142 cm³/mol. The quantitative estimate of drug-likeness (QED) is 0.253. The van der Waals surface area contributed by atoms with Crippen LogP contribution in [0, 0.1) is 23.2 Å². The summed E-state index contributed by atoms with van der Waals surface area (Å²) in [6, 6.07) is -0.348. The van der Waals surface area contributed by atoms with Crippen molar-refractivity contribution in [1.82, 2.24) is 19.4 Å². The van der Waals surface area contributed by atoms with Crippen LogP contribution in [0.5, 0.6) is 5.88 Å². The van der Waals surface area contributed by atoms with Crippen LogP contribution < -0.4 is 17.0 Å². The van der Waals surface area contributed by atoms with Crippen LogP contribution in [0.2, 0.25) is 0 Å². The molecule has 0 spiro atoms. The first-order valence-electron chi connectivity index (χ1n) is 13.5. The molecule has 5 rings (SSSR count).